The van der Waals surface area contributed by atoms with Crippen molar-refractivity contribution in [1.29, 1.82) is 0 Å². The van der Waals surface area contributed by atoms with Gasteiger partial charge >= 0.3 is 0 Å². The zero-order valence-corrected chi connectivity index (χ0v) is 19.1. The molecular formula is C25H25FN8. The van der Waals surface area contributed by atoms with Gasteiger partial charge in [0.05, 0.1) is 28.3 Å². The van der Waals surface area contributed by atoms with Gasteiger partial charge < -0.3 is 14.8 Å². The van der Waals surface area contributed by atoms with Crippen molar-refractivity contribution in [2.75, 3.05) is 37.0 Å². The van der Waals surface area contributed by atoms with Crippen LogP contribution in [0, 0.1) is 5.82 Å². The van der Waals surface area contributed by atoms with Crippen LogP contribution in [0.5, 0.6) is 0 Å². The monoisotopic (exact) mass is 456 g/mol. The van der Waals surface area contributed by atoms with E-state index in [1.165, 1.54) is 6.42 Å². The molecular weight excluding hydrogens is 431 g/mol. The maximum Gasteiger partial charge on any atom is 0.159 e. The highest BCUT2D eigenvalue weighted by Gasteiger charge is 2.22. The Bertz CT molecular complexity index is 1500. The smallest absolute Gasteiger partial charge is 0.159 e. The van der Waals surface area contributed by atoms with E-state index in [0.717, 1.165) is 48.5 Å². The Labute approximate surface area is 195 Å². The second-order valence-corrected chi connectivity index (χ2v) is 8.91. The maximum atomic E-state index is 15.9. The molecule has 9 heteroatoms. The average molecular weight is 457 g/mol. The van der Waals surface area contributed by atoms with Gasteiger partial charge in [0.25, 0.3) is 0 Å². The van der Waals surface area contributed by atoms with E-state index in [1.807, 2.05) is 37.2 Å². The summed E-state index contributed by atoms with van der Waals surface area (Å²) in [5, 5.41) is 7.79. The normalized spacial score (nSPS) is 14.3. The third-order valence-corrected chi connectivity index (χ3v) is 6.48. The van der Waals surface area contributed by atoms with Gasteiger partial charge in [-0.05, 0) is 43.5 Å². The summed E-state index contributed by atoms with van der Waals surface area (Å²) in [6.45, 7) is 1.94. The number of anilines is 2. The van der Waals surface area contributed by atoms with Crippen molar-refractivity contribution >= 4 is 33.4 Å². The number of H-pyrrole nitrogens is 2. The van der Waals surface area contributed by atoms with E-state index in [0.29, 0.717) is 33.5 Å². The minimum atomic E-state index is -0.353. The Morgan fingerprint density at radius 3 is 2.71 bits per heavy atom. The van der Waals surface area contributed by atoms with Crippen LogP contribution in [0.3, 0.4) is 0 Å². The van der Waals surface area contributed by atoms with Gasteiger partial charge in [0.2, 0.25) is 0 Å². The van der Waals surface area contributed by atoms with Crippen LogP contribution in [0.1, 0.15) is 19.3 Å². The van der Waals surface area contributed by atoms with Crippen LogP contribution in [-0.2, 0) is 0 Å². The standard InChI is InChI=1S/C25H25FN8/c1-33(2)16-12-15(13-27-14-16)17-6-7-18-20(21(17)26)23(32-31-18)24-29-19-8-9-28-25(22(19)30-24)34-10-4-3-5-11-34/h6-9,12-14H,3-5,10-11H2,1-2H3,(H,29,30)(H,31,32). The first-order valence-electron chi connectivity index (χ1n) is 11.5. The highest BCUT2D eigenvalue weighted by atomic mass is 19.1. The summed E-state index contributed by atoms with van der Waals surface area (Å²) in [6, 6.07) is 7.42. The van der Waals surface area contributed by atoms with E-state index in [2.05, 4.69) is 30.0 Å². The van der Waals surface area contributed by atoms with Gasteiger partial charge in [0.15, 0.2) is 11.6 Å². The quantitative estimate of drug-likeness (QED) is 0.405. The molecule has 1 fully saturated rings. The lowest BCUT2D eigenvalue weighted by molar-refractivity contribution is 0.574. The number of aromatic amines is 2. The molecule has 0 atom stereocenters. The molecule has 0 bridgehead atoms. The topological polar surface area (TPSA) is 89.6 Å². The Kier molecular flexibility index (Phi) is 4.90. The van der Waals surface area contributed by atoms with E-state index in [1.54, 1.807) is 24.7 Å². The van der Waals surface area contributed by atoms with Crippen molar-refractivity contribution < 1.29 is 4.39 Å². The Hall–Kier alpha value is -4.01. The Morgan fingerprint density at radius 2 is 1.88 bits per heavy atom. The fourth-order valence-corrected chi connectivity index (χ4v) is 4.66. The second-order valence-electron chi connectivity index (χ2n) is 8.91. The van der Waals surface area contributed by atoms with Gasteiger partial charge in [-0.25, -0.2) is 14.4 Å². The van der Waals surface area contributed by atoms with E-state index < -0.39 is 0 Å². The first-order chi connectivity index (χ1) is 16.6. The molecule has 0 saturated carbocycles. The highest BCUT2D eigenvalue weighted by Crippen LogP contribution is 2.35. The molecule has 6 rings (SSSR count). The summed E-state index contributed by atoms with van der Waals surface area (Å²) < 4.78 is 15.9. The van der Waals surface area contributed by atoms with Crippen molar-refractivity contribution in [1.82, 2.24) is 30.1 Å². The van der Waals surface area contributed by atoms with Crippen molar-refractivity contribution in [3.05, 3.63) is 48.7 Å². The van der Waals surface area contributed by atoms with Crippen LogP contribution in [-0.4, -0.2) is 57.3 Å². The predicted octanol–water partition coefficient (Wildman–Crippen LogP) is 4.76. The number of imidazole rings is 1. The summed E-state index contributed by atoms with van der Waals surface area (Å²) in [5.41, 5.74) is 4.79. The number of rotatable bonds is 4. The Balaban J connectivity index is 1.48. The molecule has 0 radical (unpaired) electrons. The number of piperidine rings is 1. The van der Waals surface area contributed by atoms with Crippen LogP contribution in [0.2, 0.25) is 0 Å². The van der Waals surface area contributed by atoms with Crippen LogP contribution in [0.4, 0.5) is 15.9 Å². The minimum Gasteiger partial charge on any atom is -0.376 e. The third kappa shape index (κ3) is 3.35. The van der Waals surface area contributed by atoms with Crippen LogP contribution < -0.4 is 9.80 Å². The maximum absolute atomic E-state index is 15.9. The van der Waals surface area contributed by atoms with Gasteiger partial charge in [-0.1, -0.05) is 0 Å². The SMILES string of the molecule is CN(C)c1cncc(-c2ccc3[nH]nc(-c4nc5c(N6CCCCC6)nccc5[nH]4)c3c2F)c1. The summed E-state index contributed by atoms with van der Waals surface area (Å²) in [6.07, 6.45) is 8.77. The largest absolute Gasteiger partial charge is 0.376 e. The molecule has 1 aromatic carbocycles. The first-order valence-corrected chi connectivity index (χ1v) is 11.5. The van der Waals surface area contributed by atoms with Gasteiger partial charge in [0, 0.05) is 50.7 Å². The average Bonchev–Trinajstić information content (AvgIpc) is 3.49. The van der Waals surface area contributed by atoms with Crippen molar-refractivity contribution in [2.24, 2.45) is 0 Å². The lowest BCUT2D eigenvalue weighted by Crippen LogP contribution is -2.30. The summed E-state index contributed by atoms with van der Waals surface area (Å²) in [7, 11) is 3.87. The van der Waals surface area contributed by atoms with Gasteiger partial charge in [-0.3, -0.25) is 10.1 Å². The summed E-state index contributed by atoms with van der Waals surface area (Å²) in [4.78, 5) is 21.3. The van der Waals surface area contributed by atoms with Gasteiger partial charge in [-0.2, -0.15) is 5.10 Å². The molecule has 5 heterocycles. The molecule has 8 nitrogen and oxygen atoms in total. The molecule has 0 aliphatic carbocycles. The number of hydrogen-bond donors (Lipinski definition) is 2. The molecule has 0 unspecified atom stereocenters. The number of benzene rings is 1. The van der Waals surface area contributed by atoms with E-state index in [4.69, 9.17) is 4.98 Å². The zero-order chi connectivity index (χ0) is 23.2. The lowest BCUT2D eigenvalue weighted by atomic mass is 10.0. The molecule has 1 saturated heterocycles. The van der Waals surface area contributed by atoms with Crippen LogP contribution in [0.25, 0.3) is 44.6 Å². The van der Waals surface area contributed by atoms with Crippen LogP contribution >= 0.6 is 0 Å². The Morgan fingerprint density at radius 1 is 1.03 bits per heavy atom. The molecule has 0 amide bonds. The molecule has 5 aromatic rings. The molecule has 172 valence electrons. The molecule has 1 aliphatic heterocycles. The zero-order valence-electron chi connectivity index (χ0n) is 19.1. The van der Waals surface area contributed by atoms with Gasteiger partial charge in [0.1, 0.15) is 17.0 Å². The van der Waals surface area contributed by atoms with Crippen LogP contribution in [0.15, 0.2) is 42.9 Å². The molecule has 2 N–H and O–H groups in total. The number of fused-ring (bicyclic) bond motifs is 2. The van der Waals surface area contributed by atoms with E-state index >= 15 is 4.39 Å². The molecule has 0 spiro atoms. The first kappa shape index (κ1) is 20.6. The summed E-state index contributed by atoms with van der Waals surface area (Å²) in [5.74, 6) is 1.03. The number of aromatic nitrogens is 6. The second kappa shape index (κ2) is 8.09. The minimum absolute atomic E-state index is 0.353. The number of hydrogen-bond acceptors (Lipinski definition) is 6. The molecule has 34 heavy (non-hydrogen) atoms. The number of pyridine rings is 2. The number of nitrogens with one attached hydrogen (secondary N) is 2. The van der Waals surface area contributed by atoms with Crippen molar-refractivity contribution in [2.45, 2.75) is 19.3 Å². The number of nitrogens with zero attached hydrogens (tertiary/aromatic N) is 6. The molecule has 4 aromatic heterocycles. The number of halogens is 1. The third-order valence-electron chi connectivity index (χ3n) is 6.48. The fraction of sp³-hybridized carbons (Fsp3) is 0.280. The van der Waals surface area contributed by atoms with E-state index in [-0.39, 0.29) is 5.82 Å². The van der Waals surface area contributed by atoms with E-state index in [9.17, 15) is 0 Å². The predicted molar refractivity (Wildman–Crippen MR) is 133 cm³/mol. The highest BCUT2D eigenvalue weighted by molar-refractivity contribution is 5.97. The molecule has 1 aliphatic rings. The van der Waals surface area contributed by atoms with Gasteiger partial charge in [-0.15, -0.1) is 0 Å². The summed E-state index contributed by atoms with van der Waals surface area (Å²) >= 11 is 0. The fourth-order valence-electron chi connectivity index (χ4n) is 4.66. The lowest BCUT2D eigenvalue weighted by Gasteiger charge is -2.27. The van der Waals surface area contributed by atoms with Crippen molar-refractivity contribution in [3.63, 3.8) is 0 Å². The van der Waals surface area contributed by atoms with Crippen molar-refractivity contribution in [3.8, 4) is 22.6 Å².